The molecule has 0 radical (unpaired) electrons. The molecule has 50 heavy (non-hydrogen) atoms. The summed E-state index contributed by atoms with van der Waals surface area (Å²) < 4.78 is 14.5. The second-order valence-corrected chi connectivity index (χ2v) is 8.40. The summed E-state index contributed by atoms with van der Waals surface area (Å²) in [7, 11) is 0. The Morgan fingerprint density at radius 3 is 0.620 bits per heavy atom. The molecule has 0 fully saturated rings. The Labute approximate surface area is 288 Å². The van der Waals surface area contributed by atoms with Crippen LogP contribution in [-0.2, 0) is 47.8 Å². The molecule has 0 unspecified atom stereocenters. The number of rotatable bonds is 18. The SMILES string of the molecule is C=CC(=O)O.C=CC(=O)O.C=CC(=O)O.C=CC(=O)O.C=CC(=O)OCC(CO)(COC(=O)C=C)COC(=O)C=C.OCC(CO)(CO)CO. The highest BCUT2D eigenvalue weighted by Crippen LogP contribution is 2.19. The van der Waals surface area contributed by atoms with Gasteiger partial charge in [-0.2, -0.15) is 0 Å². The average molecular weight is 723 g/mol. The van der Waals surface area contributed by atoms with Crippen molar-refractivity contribution in [1.82, 2.24) is 0 Å². The second kappa shape index (κ2) is 37.7. The van der Waals surface area contributed by atoms with Crippen LogP contribution >= 0.6 is 0 Å². The van der Waals surface area contributed by atoms with Crippen molar-refractivity contribution in [1.29, 1.82) is 0 Å². The molecular formula is C31H46O19. The number of carboxylic acid groups (broad SMARTS) is 4. The largest absolute Gasteiger partial charge is 0.478 e. The molecule has 0 aromatic heterocycles. The van der Waals surface area contributed by atoms with E-state index in [0.717, 1.165) is 42.5 Å². The van der Waals surface area contributed by atoms with Crippen molar-refractivity contribution in [3.8, 4) is 0 Å². The molecule has 0 heterocycles. The third-order valence-electron chi connectivity index (χ3n) is 4.44. The summed E-state index contributed by atoms with van der Waals surface area (Å²) in [5.41, 5.74) is -2.39. The molecule has 0 bridgehead atoms. The second-order valence-electron chi connectivity index (χ2n) is 8.40. The van der Waals surface area contributed by atoms with Crippen LogP contribution in [0.25, 0.3) is 0 Å². The first-order valence-corrected chi connectivity index (χ1v) is 13.1. The van der Waals surface area contributed by atoms with E-state index in [0.29, 0.717) is 0 Å². The van der Waals surface area contributed by atoms with Gasteiger partial charge in [-0.1, -0.05) is 46.1 Å². The van der Waals surface area contributed by atoms with Crippen LogP contribution in [0.1, 0.15) is 0 Å². The van der Waals surface area contributed by atoms with Gasteiger partial charge in [-0.25, -0.2) is 33.6 Å². The fourth-order valence-electron chi connectivity index (χ4n) is 1.41. The first-order valence-electron chi connectivity index (χ1n) is 13.1. The quantitative estimate of drug-likeness (QED) is 0.0471. The summed E-state index contributed by atoms with van der Waals surface area (Å²) >= 11 is 0. The highest BCUT2D eigenvalue weighted by molar-refractivity contribution is 5.82. The predicted octanol–water partition coefficient (Wildman–Crippen LogP) is -0.877. The molecule has 0 spiro atoms. The number of carbonyl (C=O) groups is 7. The summed E-state index contributed by atoms with van der Waals surface area (Å²) in [5.74, 6) is -6.10. The van der Waals surface area contributed by atoms with Crippen LogP contribution in [0.4, 0.5) is 0 Å². The summed E-state index contributed by atoms with van der Waals surface area (Å²) in [6.45, 7) is 18.4. The summed E-state index contributed by atoms with van der Waals surface area (Å²) in [6.07, 6.45) is 6.15. The third-order valence-corrected chi connectivity index (χ3v) is 4.44. The number of aliphatic hydroxyl groups excluding tert-OH is 5. The van der Waals surface area contributed by atoms with Gasteiger partial charge in [-0.15, -0.1) is 0 Å². The Morgan fingerprint density at radius 1 is 0.380 bits per heavy atom. The molecule has 0 aliphatic carbocycles. The minimum absolute atomic E-state index is 0.330. The number of ether oxygens (including phenoxy) is 3. The lowest BCUT2D eigenvalue weighted by molar-refractivity contribution is -0.159. The van der Waals surface area contributed by atoms with Crippen LogP contribution < -0.4 is 0 Å². The van der Waals surface area contributed by atoms with Gasteiger partial charge in [0.25, 0.3) is 0 Å². The number of aliphatic carboxylic acids is 4. The van der Waals surface area contributed by atoms with Crippen LogP contribution in [0.5, 0.6) is 0 Å². The molecule has 0 aliphatic rings. The van der Waals surface area contributed by atoms with E-state index in [4.69, 9.17) is 55.1 Å². The number of carboxylic acids is 4. The topological polar surface area (TPSA) is 329 Å². The van der Waals surface area contributed by atoms with Crippen molar-refractivity contribution in [2.24, 2.45) is 10.8 Å². The molecule has 0 aromatic carbocycles. The number of hydrogen-bond donors (Lipinski definition) is 9. The summed E-state index contributed by atoms with van der Waals surface area (Å²) in [5, 5.41) is 73.9. The molecule has 284 valence electrons. The predicted molar refractivity (Wildman–Crippen MR) is 175 cm³/mol. The maximum absolute atomic E-state index is 11.1. The summed E-state index contributed by atoms with van der Waals surface area (Å²) in [6, 6.07) is 0. The molecule has 9 N–H and O–H groups in total. The van der Waals surface area contributed by atoms with Crippen molar-refractivity contribution in [2.75, 3.05) is 52.9 Å². The molecular weight excluding hydrogens is 676 g/mol. The Bertz CT molecular complexity index is 954. The zero-order valence-electron chi connectivity index (χ0n) is 27.3. The smallest absolute Gasteiger partial charge is 0.330 e. The lowest BCUT2D eigenvalue weighted by Gasteiger charge is -2.29. The normalized spacial score (nSPS) is 8.98. The zero-order valence-corrected chi connectivity index (χ0v) is 27.3. The lowest BCUT2D eigenvalue weighted by atomic mass is 9.92. The van der Waals surface area contributed by atoms with E-state index in [1.54, 1.807) is 0 Å². The number of carbonyl (C=O) groups excluding carboxylic acids is 3. The van der Waals surface area contributed by atoms with Crippen molar-refractivity contribution in [3.05, 3.63) is 88.6 Å². The molecule has 0 saturated carbocycles. The number of esters is 3. The molecule has 19 heteroatoms. The van der Waals surface area contributed by atoms with Gasteiger partial charge < -0.3 is 60.2 Å². The molecule has 0 rings (SSSR count). The van der Waals surface area contributed by atoms with Gasteiger partial charge in [-0.05, 0) is 0 Å². The van der Waals surface area contributed by atoms with E-state index >= 15 is 0 Å². The number of aliphatic hydroxyl groups is 5. The number of hydrogen-bond acceptors (Lipinski definition) is 15. The molecule has 0 aliphatic heterocycles. The van der Waals surface area contributed by atoms with Gasteiger partial charge in [0, 0.05) is 42.5 Å². The zero-order chi connectivity index (χ0) is 40.8. The molecule has 0 amide bonds. The van der Waals surface area contributed by atoms with Crippen LogP contribution in [0.2, 0.25) is 0 Å². The summed E-state index contributed by atoms with van der Waals surface area (Å²) in [4.78, 5) is 70.3. The first kappa shape index (κ1) is 56.6. The van der Waals surface area contributed by atoms with Gasteiger partial charge in [0.2, 0.25) is 0 Å². The van der Waals surface area contributed by atoms with Crippen molar-refractivity contribution in [3.63, 3.8) is 0 Å². The highest BCUT2D eigenvalue weighted by atomic mass is 16.6. The molecule has 19 nitrogen and oxygen atoms in total. The monoisotopic (exact) mass is 722 g/mol. The lowest BCUT2D eigenvalue weighted by Crippen LogP contribution is -2.42. The van der Waals surface area contributed by atoms with E-state index in [2.05, 4.69) is 46.1 Å². The molecule has 0 saturated heterocycles. The fraction of sp³-hybridized carbons (Fsp3) is 0.323. The van der Waals surface area contributed by atoms with Crippen LogP contribution in [0.15, 0.2) is 88.6 Å². The minimum atomic E-state index is -1.28. The van der Waals surface area contributed by atoms with Crippen molar-refractivity contribution in [2.45, 2.75) is 0 Å². The van der Waals surface area contributed by atoms with E-state index in [1.165, 1.54) is 0 Å². The van der Waals surface area contributed by atoms with Crippen LogP contribution in [-0.4, -0.2) is 141 Å². The fourth-order valence-corrected chi connectivity index (χ4v) is 1.41. The highest BCUT2D eigenvalue weighted by Gasteiger charge is 2.35. The third kappa shape index (κ3) is 42.3. The van der Waals surface area contributed by atoms with Crippen molar-refractivity contribution >= 4 is 41.8 Å². The van der Waals surface area contributed by atoms with E-state index in [9.17, 15) is 38.7 Å². The minimum Gasteiger partial charge on any atom is -0.478 e. The van der Waals surface area contributed by atoms with Gasteiger partial charge in [0.05, 0.1) is 43.9 Å². The van der Waals surface area contributed by atoms with Gasteiger partial charge >= 0.3 is 41.8 Å². The maximum Gasteiger partial charge on any atom is 0.330 e. The van der Waals surface area contributed by atoms with Gasteiger partial charge in [0.15, 0.2) is 0 Å². The molecule has 0 aromatic rings. The Kier molecular flexibility index (Phi) is 42.7. The van der Waals surface area contributed by atoms with Crippen LogP contribution in [0.3, 0.4) is 0 Å². The van der Waals surface area contributed by atoms with Crippen molar-refractivity contribution < 1.29 is 93.7 Å². The average Bonchev–Trinajstić information content (AvgIpc) is 3.13. The standard InChI is InChI=1S/C14H18O7.C5H12O4.4C3H4O2/c1-4-11(16)19-8-14(7-15,9-20-12(17)5-2)10-21-13(18)6-3;6-1-5(2-7,3-8)4-9;4*1-2-3(4)5/h4-6,15H,1-3,7-10H2;6-9H,1-4H2;4*2H,1H2,(H,4,5). The first-order chi connectivity index (χ1) is 23.2. The van der Waals surface area contributed by atoms with Crippen LogP contribution in [0, 0.1) is 10.8 Å². The van der Waals surface area contributed by atoms with Gasteiger partial charge in [-0.3, -0.25) is 0 Å². The Morgan fingerprint density at radius 2 is 0.540 bits per heavy atom. The molecule has 0 atom stereocenters. The Hall–Kier alpha value is -5.73. The Balaban J connectivity index is -0.000000136. The maximum atomic E-state index is 11.1. The van der Waals surface area contributed by atoms with E-state index in [-0.39, 0.29) is 19.8 Å². The van der Waals surface area contributed by atoms with Gasteiger partial charge in [0.1, 0.15) is 19.8 Å². The van der Waals surface area contributed by atoms with E-state index in [1.807, 2.05) is 0 Å². The van der Waals surface area contributed by atoms with E-state index < -0.39 is 85.6 Å².